The van der Waals surface area contributed by atoms with E-state index in [0.29, 0.717) is 10.2 Å². The molecule has 1 N–H and O–H groups in total. The summed E-state index contributed by atoms with van der Waals surface area (Å²) >= 11 is 5.68. The van der Waals surface area contributed by atoms with Crippen molar-refractivity contribution in [2.24, 2.45) is 7.05 Å². The molecule has 6 nitrogen and oxygen atoms in total. The maximum Gasteiger partial charge on any atom is 0.434 e. The van der Waals surface area contributed by atoms with Crippen LogP contribution < -0.4 is 5.32 Å². The summed E-state index contributed by atoms with van der Waals surface area (Å²) in [5.74, 6) is -1.30. The molecule has 3 aromatic rings. The van der Waals surface area contributed by atoms with E-state index in [1.165, 1.54) is 29.2 Å². The van der Waals surface area contributed by atoms with Crippen LogP contribution in [0.5, 0.6) is 0 Å². The van der Waals surface area contributed by atoms with Gasteiger partial charge in [-0.3, -0.25) is 14.2 Å². The van der Waals surface area contributed by atoms with Crippen molar-refractivity contribution < 1.29 is 22.4 Å². The highest BCUT2D eigenvalue weighted by Crippen LogP contribution is 2.36. The normalized spacial score (nSPS) is 11.6. The molecule has 0 spiro atoms. The summed E-state index contributed by atoms with van der Waals surface area (Å²) in [5, 5.41) is 9.16. The van der Waals surface area contributed by atoms with Gasteiger partial charge in [0.15, 0.2) is 11.4 Å². The Labute approximate surface area is 155 Å². The second-order valence-electron chi connectivity index (χ2n) is 5.64. The maximum atomic E-state index is 13.2. The van der Waals surface area contributed by atoms with Gasteiger partial charge >= 0.3 is 6.18 Å². The van der Waals surface area contributed by atoms with E-state index in [4.69, 9.17) is 11.6 Å². The minimum absolute atomic E-state index is 0.228. The summed E-state index contributed by atoms with van der Waals surface area (Å²) in [6.45, 7) is 0.246. The Morgan fingerprint density at radius 3 is 2.70 bits per heavy atom. The van der Waals surface area contributed by atoms with E-state index >= 15 is 0 Å². The largest absolute Gasteiger partial charge is 0.434 e. The lowest BCUT2D eigenvalue weighted by Gasteiger charge is -2.06. The average Bonchev–Trinajstić information content (AvgIpc) is 3.10. The van der Waals surface area contributed by atoms with Crippen molar-refractivity contribution in [1.29, 1.82) is 0 Å². The first kappa shape index (κ1) is 18.9. The molecule has 2 aromatic heterocycles. The third-order valence-corrected chi connectivity index (χ3v) is 3.96. The molecule has 3 rings (SSSR count). The molecule has 0 bridgehead atoms. The zero-order valence-electron chi connectivity index (χ0n) is 13.8. The van der Waals surface area contributed by atoms with Gasteiger partial charge < -0.3 is 5.32 Å². The van der Waals surface area contributed by atoms with Crippen LogP contribution in [0, 0.1) is 5.82 Å². The van der Waals surface area contributed by atoms with Crippen molar-refractivity contribution in [2.75, 3.05) is 5.32 Å². The molecule has 0 atom stereocenters. The fourth-order valence-electron chi connectivity index (χ4n) is 2.48. The van der Waals surface area contributed by atoms with Crippen LogP contribution in [0.3, 0.4) is 0 Å². The highest BCUT2D eigenvalue weighted by Gasteiger charge is 2.40. The smallest absolute Gasteiger partial charge is 0.318 e. The minimum Gasteiger partial charge on any atom is -0.318 e. The van der Waals surface area contributed by atoms with Gasteiger partial charge in [-0.05, 0) is 17.7 Å². The summed E-state index contributed by atoms with van der Waals surface area (Å²) in [4.78, 5) is 12.2. The molecule has 0 aliphatic rings. The molecule has 0 fully saturated rings. The zero-order chi connectivity index (χ0) is 19.8. The van der Waals surface area contributed by atoms with Crippen molar-refractivity contribution in [2.45, 2.75) is 12.7 Å². The van der Waals surface area contributed by atoms with Crippen molar-refractivity contribution in [3.63, 3.8) is 0 Å². The third kappa shape index (κ3) is 4.11. The molecular formula is C16H12ClF4N5O. The number of nitrogens with zero attached hydrogens (tertiary/aromatic N) is 4. The van der Waals surface area contributed by atoms with E-state index in [0.717, 1.165) is 7.05 Å². The Kier molecular flexibility index (Phi) is 4.92. The maximum absolute atomic E-state index is 13.2. The Bertz CT molecular complexity index is 995. The topological polar surface area (TPSA) is 64.7 Å². The molecule has 0 aliphatic carbocycles. The van der Waals surface area contributed by atoms with Crippen molar-refractivity contribution in [3.05, 3.63) is 64.5 Å². The molecule has 142 valence electrons. The Morgan fingerprint density at radius 2 is 2.07 bits per heavy atom. The standard InChI is InChI=1S/C16H12ClF4N5O/c1-25-14(16(19,20)21)12(17)13(24-25)15(27)23-11-6-22-26(8-11)7-9-3-2-4-10(18)5-9/h2-6,8H,7H2,1H3,(H,23,27). The number of alkyl halides is 3. The van der Waals surface area contributed by atoms with Gasteiger partial charge in [-0.25, -0.2) is 4.39 Å². The lowest BCUT2D eigenvalue weighted by molar-refractivity contribution is -0.143. The molecule has 0 aliphatic heterocycles. The van der Waals surface area contributed by atoms with Gasteiger partial charge in [-0.1, -0.05) is 23.7 Å². The monoisotopic (exact) mass is 401 g/mol. The van der Waals surface area contributed by atoms with Crippen LogP contribution in [0.4, 0.5) is 23.2 Å². The fourth-order valence-corrected chi connectivity index (χ4v) is 2.83. The molecule has 1 aromatic carbocycles. The predicted molar refractivity (Wildman–Crippen MR) is 88.9 cm³/mol. The molecule has 1 amide bonds. The number of hydrogen-bond donors (Lipinski definition) is 1. The van der Waals surface area contributed by atoms with Gasteiger partial charge in [-0.15, -0.1) is 0 Å². The molecule has 0 saturated heterocycles. The Balaban J connectivity index is 1.75. The van der Waals surface area contributed by atoms with Gasteiger partial charge in [0.2, 0.25) is 0 Å². The van der Waals surface area contributed by atoms with Crippen LogP contribution >= 0.6 is 11.6 Å². The van der Waals surface area contributed by atoms with E-state index in [1.807, 2.05) is 0 Å². The number of amides is 1. The second-order valence-corrected chi connectivity index (χ2v) is 6.02. The number of anilines is 1. The first-order valence-electron chi connectivity index (χ1n) is 7.53. The van der Waals surface area contributed by atoms with Crippen molar-refractivity contribution in [3.8, 4) is 0 Å². The van der Waals surface area contributed by atoms with Crippen LogP contribution in [0.2, 0.25) is 5.02 Å². The highest BCUT2D eigenvalue weighted by molar-refractivity contribution is 6.34. The molecule has 0 radical (unpaired) electrons. The van der Waals surface area contributed by atoms with Gasteiger partial charge in [0, 0.05) is 13.2 Å². The Morgan fingerprint density at radius 1 is 1.33 bits per heavy atom. The van der Waals surface area contributed by atoms with Crippen LogP contribution in [-0.2, 0) is 19.8 Å². The number of aryl methyl sites for hydroxylation is 1. The van der Waals surface area contributed by atoms with Crippen LogP contribution in [0.25, 0.3) is 0 Å². The SMILES string of the molecule is Cn1nc(C(=O)Nc2cnn(Cc3cccc(F)c3)c2)c(Cl)c1C(F)(F)F. The average molecular weight is 402 g/mol. The molecule has 0 saturated carbocycles. The number of rotatable bonds is 4. The number of carbonyl (C=O) groups excluding carboxylic acids is 1. The van der Waals surface area contributed by atoms with E-state index in [1.54, 1.807) is 12.1 Å². The lowest BCUT2D eigenvalue weighted by atomic mass is 10.2. The first-order valence-corrected chi connectivity index (χ1v) is 7.91. The highest BCUT2D eigenvalue weighted by atomic mass is 35.5. The molecule has 11 heteroatoms. The quantitative estimate of drug-likeness (QED) is 0.677. The fraction of sp³-hybridized carbons (Fsp3) is 0.188. The van der Waals surface area contributed by atoms with E-state index < -0.39 is 34.3 Å². The second kappa shape index (κ2) is 7.03. The molecule has 27 heavy (non-hydrogen) atoms. The van der Waals surface area contributed by atoms with Crippen LogP contribution in [0.1, 0.15) is 21.7 Å². The minimum atomic E-state index is -4.74. The van der Waals surface area contributed by atoms with Gasteiger partial charge in [0.1, 0.15) is 10.8 Å². The van der Waals surface area contributed by atoms with E-state index in [9.17, 15) is 22.4 Å². The van der Waals surface area contributed by atoms with Gasteiger partial charge in [0.25, 0.3) is 5.91 Å². The summed E-state index contributed by atoms with van der Waals surface area (Å²) < 4.78 is 53.9. The van der Waals surface area contributed by atoms with E-state index in [-0.39, 0.29) is 12.2 Å². The number of carbonyl (C=O) groups is 1. The van der Waals surface area contributed by atoms with Gasteiger partial charge in [-0.2, -0.15) is 23.4 Å². The summed E-state index contributed by atoms with van der Waals surface area (Å²) in [6, 6.07) is 5.91. The number of nitrogens with one attached hydrogen (secondary N) is 1. The summed E-state index contributed by atoms with van der Waals surface area (Å²) in [6.07, 6.45) is -1.99. The molecule has 2 heterocycles. The van der Waals surface area contributed by atoms with Crippen molar-refractivity contribution >= 4 is 23.2 Å². The zero-order valence-corrected chi connectivity index (χ0v) is 14.5. The number of aromatic nitrogens is 4. The van der Waals surface area contributed by atoms with E-state index in [2.05, 4.69) is 15.5 Å². The Hall–Kier alpha value is -2.88. The number of hydrogen-bond acceptors (Lipinski definition) is 3. The van der Waals surface area contributed by atoms with Crippen LogP contribution in [-0.4, -0.2) is 25.5 Å². The summed E-state index contributed by atoms with van der Waals surface area (Å²) in [5.41, 5.74) is -0.884. The summed E-state index contributed by atoms with van der Waals surface area (Å²) in [7, 11) is 1.04. The van der Waals surface area contributed by atoms with Gasteiger partial charge in [0.05, 0.1) is 18.4 Å². The number of halogens is 5. The lowest BCUT2D eigenvalue weighted by Crippen LogP contribution is -2.13. The molecular weight excluding hydrogens is 390 g/mol. The number of benzene rings is 1. The predicted octanol–water partition coefficient (Wildman–Crippen LogP) is 3.73. The third-order valence-electron chi connectivity index (χ3n) is 3.60. The van der Waals surface area contributed by atoms with Crippen molar-refractivity contribution in [1.82, 2.24) is 19.6 Å². The molecule has 0 unspecified atom stereocenters. The van der Waals surface area contributed by atoms with Crippen LogP contribution in [0.15, 0.2) is 36.7 Å². The first-order chi connectivity index (χ1) is 12.6.